The first kappa shape index (κ1) is 19.0. The van der Waals surface area contributed by atoms with Gasteiger partial charge in [0.25, 0.3) is 5.91 Å². The minimum Gasteiger partial charge on any atom is -0.484 e. The zero-order valence-electron chi connectivity index (χ0n) is 16.1. The average Bonchev–Trinajstić information content (AvgIpc) is 3.21. The van der Waals surface area contributed by atoms with Crippen LogP contribution in [0.5, 0.6) is 5.75 Å². The zero-order chi connectivity index (χ0) is 19.3. The molecule has 1 fully saturated rings. The molecule has 2 aliphatic rings. The summed E-state index contributed by atoms with van der Waals surface area (Å²) in [5, 5.41) is 3.86. The predicted molar refractivity (Wildman–Crippen MR) is 104 cm³/mol. The number of nitrogens with one attached hydrogen (secondary N) is 2. The van der Waals surface area contributed by atoms with Crippen molar-refractivity contribution in [3.63, 3.8) is 0 Å². The van der Waals surface area contributed by atoms with Gasteiger partial charge >= 0.3 is 5.63 Å². The summed E-state index contributed by atoms with van der Waals surface area (Å²) in [6.07, 6.45) is 3.63. The van der Waals surface area contributed by atoms with Gasteiger partial charge in [-0.3, -0.25) is 4.79 Å². The second-order valence-corrected chi connectivity index (χ2v) is 7.46. The molecule has 4 rings (SSSR count). The Bertz CT molecular complexity index is 902. The van der Waals surface area contributed by atoms with Crippen molar-refractivity contribution >= 4 is 16.9 Å². The molecule has 0 spiro atoms. The van der Waals surface area contributed by atoms with E-state index in [1.54, 1.807) is 6.07 Å². The first-order valence-electron chi connectivity index (χ1n) is 10.1. The minimum absolute atomic E-state index is 0.0505. The molecule has 7 heteroatoms. The number of ether oxygens (including phenoxy) is 2. The third kappa shape index (κ3) is 4.36. The molecular weight excluding hydrogens is 360 g/mol. The van der Waals surface area contributed by atoms with Crippen molar-refractivity contribution in [2.24, 2.45) is 0 Å². The third-order valence-electron chi connectivity index (χ3n) is 5.54. The van der Waals surface area contributed by atoms with E-state index in [0.29, 0.717) is 17.9 Å². The van der Waals surface area contributed by atoms with Crippen molar-refractivity contribution in [3.05, 3.63) is 39.7 Å². The Morgan fingerprint density at radius 3 is 2.86 bits per heavy atom. The molecule has 7 nitrogen and oxygen atoms in total. The fraction of sp³-hybridized carbons (Fsp3) is 0.524. The summed E-state index contributed by atoms with van der Waals surface area (Å²) in [6, 6.07) is 5.45. The number of benzene rings is 1. The van der Waals surface area contributed by atoms with Gasteiger partial charge in [0, 0.05) is 30.0 Å². The van der Waals surface area contributed by atoms with E-state index in [-0.39, 0.29) is 18.1 Å². The fourth-order valence-corrected chi connectivity index (χ4v) is 4.03. The Hall–Kier alpha value is -2.38. The highest BCUT2D eigenvalue weighted by Crippen LogP contribution is 2.29. The smallest absolute Gasteiger partial charge is 0.339 e. The number of hydrogen-bond acceptors (Lipinski definition) is 5. The van der Waals surface area contributed by atoms with Crippen molar-refractivity contribution in [1.29, 1.82) is 0 Å². The summed E-state index contributed by atoms with van der Waals surface area (Å²) < 4.78 is 16.4. The van der Waals surface area contributed by atoms with Crippen LogP contribution in [0.1, 0.15) is 24.0 Å². The van der Waals surface area contributed by atoms with E-state index in [0.717, 1.165) is 75.0 Å². The van der Waals surface area contributed by atoms with Crippen LogP contribution in [0, 0.1) is 0 Å². The first-order chi connectivity index (χ1) is 13.7. The molecule has 1 amide bonds. The normalized spacial score (nSPS) is 16.9. The first-order valence-corrected chi connectivity index (χ1v) is 10.1. The molecule has 1 aliphatic heterocycles. The Kier molecular flexibility index (Phi) is 5.92. The van der Waals surface area contributed by atoms with Crippen LogP contribution in [0.15, 0.2) is 27.4 Å². The van der Waals surface area contributed by atoms with Crippen LogP contribution in [-0.4, -0.2) is 51.9 Å². The van der Waals surface area contributed by atoms with E-state index in [1.165, 1.54) is 4.90 Å². The monoisotopic (exact) mass is 387 g/mol. The minimum atomic E-state index is -0.253. The molecule has 1 saturated heterocycles. The van der Waals surface area contributed by atoms with Crippen LogP contribution >= 0.6 is 0 Å². The van der Waals surface area contributed by atoms with Crippen LogP contribution in [-0.2, 0) is 22.4 Å². The van der Waals surface area contributed by atoms with Crippen LogP contribution in [0.2, 0.25) is 0 Å². The molecule has 28 heavy (non-hydrogen) atoms. The van der Waals surface area contributed by atoms with Gasteiger partial charge in [-0.2, -0.15) is 0 Å². The SMILES string of the molecule is O=C(COc1ccc2c3c(c(=O)oc2c1)CCC3)NCCC[NH+]1CCOCC1. The van der Waals surface area contributed by atoms with Crippen molar-refractivity contribution in [2.45, 2.75) is 25.7 Å². The molecule has 0 atom stereocenters. The van der Waals surface area contributed by atoms with E-state index in [2.05, 4.69) is 5.32 Å². The Labute approximate surface area is 163 Å². The summed E-state index contributed by atoms with van der Waals surface area (Å²) >= 11 is 0. The van der Waals surface area contributed by atoms with Gasteiger partial charge in [0.2, 0.25) is 0 Å². The van der Waals surface area contributed by atoms with E-state index in [1.807, 2.05) is 12.1 Å². The number of carbonyl (C=O) groups is 1. The molecule has 1 aromatic heterocycles. The average molecular weight is 387 g/mol. The molecule has 0 radical (unpaired) electrons. The number of aryl methyl sites for hydroxylation is 1. The number of rotatable bonds is 7. The molecule has 2 N–H and O–H groups in total. The summed E-state index contributed by atoms with van der Waals surface area (Å²) in [7, 11) is 0. The number of morpholine rings is 1. The Balaban J connectivity index is 1.26. The topological polar surface area (TPSA) is 82.2 Å². The summed E-state index contributed by atoms with van der Waals surface area (Å²) in [5.74, 6) is 0.383. The van der Waals surface area contributed by atoms with Crippen molar-refractivity contribution in [2.75, 3.05) is 46.0 Å². The maximum atomic E-state index is 12.1. The molecule has 0 bridgehead atoms. The zero-order valence-corrected chi connectivity index (χ0v) is 16.1. The summed E-state index contributed by atoms with van der Waals surface area (Å²) in [5.41, 5.74) is 2.17. The van der Waals surface area contributed by atoms with Crippen molar-refractivity contribution in [1.82, 2.24) is 5.32 Å². The number of amides is 1. The van der Waals surface area contributed by atoms with Crippen LogP contribution in [0.25, 0.3) is 11.0 Å². The Morgan fingerprint density at radius 1 is 1.18 bits per heavy atom. The second-order valence-electron chi connectivity index (χ2n) is 7.46. The fourth-order valence-electron chi connectivity index (χ4n) is 4.03. The maximum Gasteiger partial charge on any atom is 0.339 e. The van der Waals surface area contributed by atoms with E-state index < -0.39 is 0 Å². The largest absolute Gasteiger partial charge is 0.484 e. The van der Waals surface area contributed by atoms with E-state index >= 15 is 0 Å². The molecule has 2 heterocycles. The highest BCUT2D eigenvalue weighted by Gasteiger charge is 2.19. The lowest BCUT2D eigenvalue weighted by atomic mass is 10.1. The van der Waals surface area contributed by atoms with Gasteiger partial charge < -0.3 is 24.1 Å². The van der Waals surface area contributed by atoms with Gasteiger partial charge in [-0.05, 0) is 37.0 Å². The lowest BCUT2D eigenvalue weighted by Gasteiger charge is -2.23. The number of quaternary nitrogens is 1. The van der Waals surface area contributed by atoms with Gasteiger partial charge in [-0.1, -0.05) is 0 Å². The number of fused-ring (bicyclic) bond motifs is 3. The van der Waals surface area contributed by atoms with E-state index in [9.17, 15) is 9.59 Å². The van der Waals surface area contributed by atoms with Gasteiger partial charge in [-0.25, -0.2) is 4.79 Å². The van der Waals surface area contributed by atoms with Gasteiger partial charge in [0.05, 0.1) is 19.8 Å². The molecular formula is C21H27N2O5+. The molecule has 2 aromatic rings. The van der Waals surface area contributed by atoms with Crippen LogP contribution < -0.4 is 20.6 Å². The van der Waals surface area contributed by atoms with Crippen molar-refractivity contribution < 1.29 is 23.6 Å². The molecule has 0 unspecified atom stereocenters. The third-order valence-corrected chi connectivity index (χ3v) is 5.54. The van der Waals surface area contributed by atoms with Crippen LogP contribution in [0.4, 0.5) is 0 Å². The summed E-state index contributed by atoms with van der Waals surface area (Å²) in [6.45, 7) is 5.36. The van der Waals surface area contributed by atoms with Gasteiger partial charge in [0.1, 0.15) is 24.4 Å². The summed E-state index contributed by atoms with van der Waals surface area (Å²) in [4.78, 5) is 25.6. The predicted octanol–water partition coefficient (Wildman–Crippen LogP) is 0.0819. The molecule has 1 aromatic carbocycles. The van der Waals surface area contributed by atoms with E-state index in [4.69, 9.17) is 13.9 Å². The number of carbonyl (C=O) groups excluding carboxylic acids is 1. The second kappa shape index (κ2) is 8.75. The van der Waals surface area contributed by atoms with Crippen LogP contribution in [0.3, 0.4) is 0 Å². The lowest BCUT2D eigenvalue weighted by molar-refractivity contribution is -0.908. The number of hydrogen-bond donors (Lipinski definition) is 2. The Morgan fingerprint density at radius 2 is 2.00 bits per heavy atom. The highest BCUT2D eigenvalue weighted by atomic mass is 16.5. The standard InChI is InChI=1S/C21H26N2O5/c24-20(22-7-2-8-23-9-11-26-12-10-23)14-27-15-5-6-17-16-3-1-4-18(16)21(25)28-19(17)13-15/h5-6,13H,1-4,7-12,14H2,(H,22,24)/p+1. The molecule has 1 aliphatic carbocycles. The van der Waals surface area contributed by atoms with Gasteiger partial charge in [-0.15, -0.1) is 0 Å². The molecule has 0 saturated carbocycles. The maximum absolute atomic E-state index is 12.1. The quantitative estimate of drug-likeness (QED) is 0.520. The van der Waals surface area contributed by atoms with Gasteiger partial charge in [0.15, 0.2) is 6.61 Å². The lowest BCUT2D eigenvalue weighted by Crippen LogP contribution is -3.14. The van der Waals surface area contributed by atoms with Crippen molar-refractivity contribution in [3.8, 4) is 5.75 Å². The highest BCUT2D eigenvalue weighted by molar-refractivity contribution is 5.83. The molecule has 150 valence electrons.